The molecule has 1 aromatic rings. The van der Waals surface area contributed by atoms with Crippen molar-refractivity contribution in [2.75, 3.05) is 26.3 Å². The van der Waals surface area contributed by atoms with Crippen LogP contribution < -0.4 is 5.32 Å². The smallest absolute Gasteiger partial charge is 0.248 e. The van der Waals surface area contributed by atoms with Crippen molar-refractivity contribution < 1.29 is 18.7 Å². The molecule has 0 saturated carbocycles. The van der Waals surface area contributed by atoms with Crippen molar-refractivity contribution in [3.05, 3.63) is 23.7 Å². The van der Waals surface area contributed by atoms with Gasteiger partial charge in [-0.25, -0.2) is 0 Å². The maximum atomic E-state index is 12.1. The zero-order valence-corrected chi connectivity index (χ0v) is 12.7. The molecule has 0 radical (unpaired) electrons. The molecule has 2 heterocycles. The molecule has 1 fully saturated rings. The second kappa shape index (κ2) is 6.76. The third-order valence-corrected chi connectivity index (χ3v) is 3.62. The topological polar surface area (TPSA) is 71.8 Å². The van der Waals surface area contributed by atoms with Crippen LogP contribution in [0.2, 0.25) is 0 Å². The van der Waals surface area contributed by atoms with Crippen LogP contribution in [0.3, 0.4) is 0 Å². The van der Waals surface area contributed by atoms with E-state index in [1.165, 1.54) is 6.92 Å². The largest absolute Gasteiger partial charge is 0.466 e. The lowest BCUT2D eigenvalue weighted by Crippen LogP contribution is -2.39. The first kappa shape index (κ1) is 15.6. The van der Waals surface area contributed by atoms with Crippen LogP contribution >= 0.6 is 0 Å². The van der Waals surface area contributed by atoms with Crippen LogP contribution in [0.25, 0.3) is 0 Å². The maximum absolute atomic E-state index is 12.1. The summed E-state index contributed by atoms with van der Waals surface area (Å²) in [5.41, 5.74) is 0. The zero-order chi connectivity index (χ0) is 15.4. The predicted octanol–water partition coefficient (Wildman–Crippen LogP) is 1.06. The second-order valence-electron chi connectivity index (χ2n) is 5.30. The van der Waals surface area contributed by atoms with Gasteiger partial charge in [-0.05, 0) is 26.0 Å². The van der Waals surface area contributed by atoms with Gasteiger partial charge in [0.15, 0.2) is 0 Å². The Hall–Kier alpha value is -1.82. The maximum Gasteiger partial charge on any atom is 0.248 e. The fourth-order valence-electron chi connectivity index (χ4n) is 2.64. The number of rotatable bonds is 5. The number of carbonyl (C=O) groups excluding carboxylic acids is 2. The zero-order valence-electron chi connectivity index (χ0n) is 12.7. The van der Waals surface area contributed by atoms with Gasteiger partial charge in [0.25, 0.3) is 0 Å². The Balaban J connectivity index is 2.09. The lowest BCUT2D eigenvalue weighted by atomic mass is 10.0. The first-order chi connectivity index (χ1) is 10.0. The molecule has 1 aliphatic rings. The molecule has 0 spiro atoms. The predicted molar refractivity (Wildman–Crippen MR) is 76.9 cm³/mol. The number of aryl methyl sites for hydroxylation is 1. The van der Waals surface area contributed by atoms with Crippen molar-refractivity contribution >= 4 is 11.8 Å². The van der Waals surface area contributed by atoms with Gasteiger partial charge in [0.1, 0.15) is 18.1 Å². The Labute approximate surface area is 124 Å². The van der Waals surface area contributed by atoms with Crippen molar-refractivity contribution in [2.24, 2.45) is 0 Å². The summed E-state index contributed by atoms with van der Waals surface area (Å²) in [4.78, 5) is 25.2. The second-order valence-corrected chi connectivity index (χ2v) is 5.30. The number of nitrogens with zero attached hydrogens (tertiary/aromatic N) is 1. The number of carbonyl (C=O) groups is 2. The third-order valence-electron chi connectivity index (χ3n) is 3.62. The molecule has 2 rings (SSSR count). The number of hydrogen-bond acceptors (Lipinski definition) is 4. The van der Waals surface area contributed by atoms with E-state index in [2.05, 4.69) is 5.32 Å². The standard InChI is InChI=1S/C15H22N2O4/c1-4-20-9-15(19)17-7-12(13(8-17)16-11(3)18)14-6-5-10(2)21-14/h5-6,12-13H,4,7-9H2,1-3H3,(H,16,18)/t12-,13-/m0/s1. The van der Waals surface area contributed by atoms with Crippen molar-refractivity contribution in [3.63, 3.8) is 0 Å². The molecule has 0 aliphatic carbocycles. The van der Waals surface area contributed by atoms with Crippen LogP contribution in [0.5, 0.6) is 0 Å². The number of hydrogen-bond donors (Lipinski definition) is 1. The van der Waals surface area contributed by atoms with E-state index in [-0.39, 0.29) is 30.4 Å². The minimum atomic E-state index is -0.126. The molecular formula is C15H22N2O4. The summed E-state index contributed by atoms with van der Waals surface area (Å²) in [7, 11) is 0. The van der Waals surface area contributed by atoms with Gasteiger partial charge in [-0.15, -0.1) is 0 Å². The Morgan fingerprint density at radius 2 is 2.19 bits per heavy atom. The number of likely N-dealkylation sites (tertiary alicyclic amines) is 1. The lowest BCUT2D eigenvalue weighted by Gasteiger charge is -2.16. The Morgan fingerprint density at radius 1 is 1.43 bits per heavy atom. The molecule has 1 N–H and O–H groups in total. The molecule has 21 heavy (non-hydrogen) atoms. The van der Waals surface area contributed by atoms with Gasteiger partial charge in [-0.3, -0.25) is 9.59 Å². The van der Waals surface area contributed by atoms with Crippen molar-refractivity contribution in [2.45, 2.75) is 32.7 Å². The average Bonchev–Trinajstić information content (AvgIpc) is 3.01. The minimum absolute atomic E-state index is 0.0202. The molecule has 0 bridgehead atoms. The highest BCUT2D eigenvalue weighted by Crippen LogP contribution is 2.29. The van der Waals surface area contributed by atoms with Crippen LogP contribution in [0, 0.1) is 6.92 Å². The minimum Gasteiger partial charge on any atom is -0.466 e. The molecule has 2 atom stereocenters. The fraction of sp³-hybridized carbons (Fsp3) is 0.600. The fourth-order valence-corrected chi connectivity index (χ4v) is 2.64. The normalized spacial score (nSPS) is 21.6. The third kappa shape index (κ3) is 3.85. The monoisotopic (exact) mass is 294 g/mol. The molecule has 0 aromatic carbocycles. The van der Waals surface area contributed by atoms with Crippen molar-refractivity contribution in [3.8, 4) is 0 Å². The molecule has 1 saturated heterocycles. The van der Waals surface area contributed by atoms with E-state index in [9.17, 15) is 9.59 Å². The number of furan rings is 1. The highest BCUT2D eigenvalue weighted by Gasteiger charge is 2.38. The number of nitrogens with one attached hydrogen (secondary N) is 1. The van der Waals surface area contributed by atoms with Crippen molar-refractivity contribution in [1.82, 2.24) is 10.2 Å². The van der Waals surface area contributed by atoms with Gasteiger partial charge < -0.3 is 19.4 Å². The summed E-state index contributed by atoms with van der Waals surface area (Å²) in [6.45, 7) is 6.81. The number of ether oxygens (including phenoxy) is 1. The highest BCUT2D eigenvalue weighted by atomic mass is 16.5. The van der Waals surface area contributed by atoms with E-state index in [1.807, 2.05) is 26.0 Å². The molecule has 6 heteroatoms. The Morgan fingerprint density at radius 3 is 2.76 bits per heavy atom. The van der Waals surface area contributed by atoms with E-state index in [0.29, 0.717) is 19.7 Å². The van der Waals surface area contributed by atoms with E-state index in [0.717, 1.165) is 11.5 Å². The summed E-state index contributed by atoms with van der Waals surface area (Å²) in [6.07, 6.45) is 0. The molecule has 1 aliphatic heterocycles. The lowest BCUT2D eigenvalue weighted by molar-refractivity contribution is -0.135. The molecule has 2 amide bonds. The van der Waals surface area contributed by atoms with E-state index < -0.39 is 0 Å². The molecule has 116 valence electrons. The molecule has 6 nitrogen and oxygen atoms in total. The Bertz CT molecular complexity index is 512. The van der Waals surface area contributed by atoms with E-state index in [4.69, 9.17) is 9.15 Å². The summed E-state index contributed by atoms with van der Waals surface area (Å²) in [5, 5.41) is 2.91. The van der Waals surface area contributed by atoms with Crippen LogP contribution in [-0.2, 0) is 14.3 Å². The van der Waals surface area contributed by atoms with Crippen LogP contribution in [0.1, 0.15) is 31.3 Å². The van der Waals surface area contributed by atoms with Gasteiger partial charge in [0.2, 0.25) is 11.8 Å². The summed E-state index contributed by atoms with van der Waals surface area (Å²) < 4.78 is 10.8. The molecule has 0 unspecified atom stereocenters. The van der Waals surface area contributed by atoms with Crippen LogP contribution in [0.4, 0.5) is 0 Å². The summed E-state index contributed by atoms with van der Waals surface area (Å²) >= 11 is 0. The van der Waals surface area contributed by atoms with Gasteiger partial charge in [-0.1, -0.05) is 0 Å². The van der Waals surface area contributed by atoms with E-state index >= 15 is 0 Å². The first-order valence-electron chi connectivity index (χ1n) is 7.20. The van der Waals surface area contributed by atoms with Crippen molar-refractivity contribution in [1.29, 1.82) is 0 Å². The Kier molecular flexibility index (Phi) is 5.01. The SMILES string of the molecule is CCOCC(=O)N1C[C@H](NC(C)=O)[C@@H](c2ccc(C)o2)C1. The van der Waals surface area contributed by atoms with Gasteiger partial charge >= 0.3 is 0 Å². The van der Waals surface area contributed by atoms with Crippen LogP contribution in [-0.4, -0.2) is 49.1 Å². The quantitative estimate of drug-likeness (QED) is 0.881. The average molecular weight is 294 g/mol. The molecule has 1 aromatic heterocycles. The van der Waals surface area contributed by atoms with E-state index in [1.54, 1.807) is 4.90 Å². The summed E-state index contributed by atoms with van der Waals surface area (Å²) in [5.74, 6) is 1.45. The van der Waals surface area contributed by atoms with Gasteiger partial charge in [0.05, 0.1) is 12.0 Å². The van der Waals surface area contributed by atoms with Gasteiger partial charge in [-0.2, -0.15) is 0 Å². The highest BCUT2D eigenvalue weighted by molar-refractivity contribution is 5.78. The molecular weight excluding hydrogens is 272 g/mol. The first-order valence-corrected chi connectivity index (χ1v) is 7.20. The van der Waals surface area contributed by atoms with Gasteiger partial charge in [0, 0.05) is 26.6 Å². The number of amides is 2. The van der Waals surface area contributed by atoms with Crippen LogP contribution in [0.15, 0.2) is 16.5 Å². The summed E-state index contributed by atoms with van der Waals surface area (Å²) in [6, 6.07) is 3.68.